The van der Waals surface area contributed by atoms with Crippen molar-refractivity contribution in [3.8, 4) is 0 Å². The molecule has 2 aromatic heterocycles. The third-order valence-corrected chi connectivity index (χ3v) is 5.67. The topological polar surface area (TPSA) is 71.8 Å². The maximum absolute atomic E-state index is 13.2. The molecule has 1 N–H and O–H groups in total. The second kappa shape index (κ2) is 7.51. The molecule has 2 heterocycles. The van der Waals surface area contributed by atoms with Crippen LogP contribution in [-0.4, -0.2) is 38.7 Å². The van der Waals surface area contributed by atoms with Crippen LogP contribution < -0.4 is 5.32 Å². The molecule has 1 saturated carbocycles. The molecule has 0 atom stereocenters. The highest BCUT2D eigenvalue weighted by Crippen LogP contribution is 2.37. The van der Waals surface area contributed by atoms with Crippen molar-refractivity contribution < 1.29 is 9.63 Å². The summed E-state index contributed by atoms with van der Waals surface area (Å²) >= 11 is 16.4. The van der Waals surface area contributed by atoms with Crippen LogP contribution in [0.1, 0.15) is 29.0 Å². The molecule has 4 rings (SSSR count). The van der Waals surface area contributed by atoms with E-state index >= 15 is 0 Å². The van der Waals surface area contributed by atoms with Gasteiger partial charge in [0.05, 0.1) is 35.1 Å². The SMILES string of the molecule is CON(C(=O)c1cn2c(C)nnc2c(Cl)c1Nc1ccc(Br)cc1Cl)C1CC1. The summed E-state index contributed by atoms with van der Waals surface area (Å²) in [4.78, 5) is 18.6. The first-order valence-corrected chi connectivity index (χ1v) is 10.1. The van der Waals surface area contributed by atoms with Crippen LogP contribution in [0.25, 0.3) is 5.65 Å². The van der Waals surface area contributed by atoms with E-state index in [1.807, 2.05) is 6.07 Å². The van der Waals surface area contributed by atoms with Crippen molar-refractivity contribution in [1.82, 2.24) is 19.7 Å². The molecule has 0 bridgehead atoms. The average Bonchev–Trinajstić information content (AvgIpc) is 3.42. The number of carbonyl (C=O) groups is 1. The summed E-state index contributed by atoms with van der Waals surface area (Å²) < 4.78 is 2.53. The first kappa shape index (κ1) is 19.4. The van der Waals surface area contributed by atoms with E-state index in [0.29, 0.717) is 33.4 Å². The van der Waals surface area contributed by atoms with Crippen LogP contribution in [0.3, 0.4) is 0 Å². The van der Waals surface area contributed by atoms with E-state index in [4.69, 9.17) is 28.0 Å². The van der Waals surface area contributed by atoms with Gasteiger partial charge in [0.1, 0.15) is 10.8 Å². The van der Waals surface area contributed by atoms with Gasteiger partial charge in [-0.1, -0.05) is 39.1 Å². The Bertz CT molecular complexity index is 1080. The Labute approximate surface area is 179 Å². The summed E-state index contributed by atoms with van der Waals surface area (Å²) in [6.45, 7) is 1.79. The molecule has 146 valence electrons. The Balaban J connectivity index is 1.87. The lowest BCUT2D eigenvalue weighted by Crippen LogP contribution is -2.32. The summed E-state index contributed by atoms with van der Waals surface area (Å²) in [6.07, 6.45) is 3.48. The zero-order chi connectivity index (χ0) is 20.0. The number of aromatic nitrogens is 3. The van der Waals surface area contributed by atoms with E-state index in [1.165, 1.54) is 12.2 Å². The highest BCUT2D eigenvalue weighted by molar-refractivity contribution is 9.10. The Morgan fingerprint density at radius 1 is 1.36 bits per heavy atom. The van der Waals surface area contributed by atoms with Crippen molar-refractivity contribution in [3.05, 3.63) is 50.3 Å². The number of rotatable bonds is 5. The Morgan fingerprint density at radius 2 is 2.11 bits per heavy atom. The fourth-order valence-corrected chi connectivity index (χ4v) is 3.93. The number of anilines is 2. The lowest BCUT2D eigenvalue weighted by Gasteiger charge is -2.22. The molecule has 7 nitrogen and oxygen atoms in total. The number of fused-ring (bicyclic) bond motifs is 1. The second-order valence-corrected chi connectivity index (χ2v) is 8.17. The monoisotopic (exact) mass is 483 g/mol. The molecule has 28 heavy (non-hydrogen) atoms. The summed E-state index contributed by atoms with van der Waals surface area (Å²) in [7, 11) is 1.49. The maximum atomic E-state index is 13.2. The van der Waals surface area contributed by atoms with Gasteiger partial charge in [-0.15, -0.1) is 10.2 Å². The minimum absolute atomic E-state index is 0.0677. The van der Waals surface area contributed by atoms with Crippen molar-refractivity contribution in [1.29, 1.82) is 0 Å². The van der Waals surface area contributed by atoms with Crippen LogP contribution in [0.15, 0.2) is 28.9 Å². The number of aryl methyl sites for hydroxylation is 1. The lowest BCUT2D eigenvalue weighted by atomic mass is 10.2. The number of pyridine rings is 1. The van der Waals surface area contributed by atoms with Crippen molar-refractivity contribution >= 4 is 62.1 Å². The van der Waals surface area contributed by atoms with Crippen molar-refractivity contribution in [3.63, 3.8) is 0 Å². The third-order valence-electron chi connectivity index (χ3n) is 4.51. The molecule has 0 unspecified atom stereocenters. The normalized spacial score (nSPS) is 13.8. The molecule has 1 aliphatic carbocycles. The zero-order valence-electron chi connectivity index (χ0n) is 15.0. The van der Waals surface area contributed by atoms with E-state index < -0.39 is 0 Å². The molecule has 0 radical (unpaired) electrons. The van der Waals surface area contributed by atoms with E-state index in [-0.39, 0.29) is 17.0 Å². The van der Waals surface area contributed by atoms with Gasteiger partial charge in [-0.25, -0.2) is 5.06 Å². The maximum Gasteiger partial charge on any atom is 0.281 e. The van der Waals surface area contributed by atoms with Gasteiger partial charge in [-0.3, -0.25) is 14.0 Å². The molecule has 0 aliphatic heterocycles. The van der Waals surface area contributed by atoms with Gasteiger partial charge >= 0.3 is 0 Å². The number of carbonyl (C=O) groups excluding carboxylic acids is 1. The van der Waals surface area contributed by atoms with E-state index in [2.05, 4.69) is 31.4 Å². The second-order valence-electron chi connectivity index (χ2n) is 6.47. The third kappa shape index (κ3) is 3.45. The zero-order valence-corrected chi connectivity index (χ0v) is 18.1. The molecule has 0 saturated heterocycles. The van der Waals surface area contributed by atoms with Crippen LogP contribution in [0.4, 0.5) is 11.4 Å². The quantitative estimate of drug-likeness (QED) is 0.515. The van der Waals surface area contributed by atoms with E-state index in [9.17, 15) is 4.79 Å². The molecule has 1 amide bonds. The van der Waals surface area contributed by atoms with Gasteiger partial charge in [0.15, 0.2) is 5.65 Å². The summed E-state index contributed by atoms with van der Waals surface area (Å²) in [5, 5.41) is 13.5. The number of halogens is 3. The van der Waals surface area contributed by atoms with E-state index in [0.717, 1.165) is 17.3 Å². The first-order valence-electron chi connectivity index (χ1n) is 8.54. The van der Waals surface area contributed by atoms with Crippen LogP contribution in [0.5, 0.6) is 0 Å². The number of amides is 1. The molecule has 10 heteroatoms. The minimum Gasteiger partial charge on any atom is -0.352 e. The summed E-state index contributed by atoms with van der Waals surface area (Å²) in [6, 6.07) is 5.46. The van der Waals surface area contributed by atoms with Crippen LogP contribution in [0.2, 0.25) is 10.0 Å². The Hall–Kier alpha value is -1.87. The average molecular weight is 485 g/mol. The van der Waals surface area contributed by atoms with Crippen LogP contribution in [0, 0.1) is 6.92 Å². The molecular weight excluding hydrogens is 469 g/mol. The Morgan fingerprint density at radius 3 is 2.75 bits per heavy atom. The fourth-order valence-electron chi connectivity index (χ4n) is 2.93. The van der Waals surface area contributed by atoms with Crippen molar-refractivity contribution in [2.45, 2.75) is 25.8 Å². The molecule has 1 aliphatic rings. The summed E-state index contributed by atoms with van der Waals surface area (Å²) in [5.74, 6) is 0.326. The number of benzene rings is 1. The predicted octanol–water partition coefficient (Wildman–Crippen LogP) is 5.02. The van der Waals surface area contributed by atoms with Gasteiger partial charge in [-0.05, 0) is 38.0 Å². The van der Waals surface area contributed by atoms with Crippen molar-refractivity contribution in [2.24, 2.45) is 0 Å². The van der Waals surface area contributed by atoms with Gasteiger partial charge in [0.25, 0.3) is 5.91 Å². The number of hydrogen-bond acceptors (Lipinski definition) is 5. The molecule has 3 aromatic rings. The standard InChI is InChI=1S/C18H16BrCl2N5O2/c1-9-23-24-17-15(21)16(22-14-6-3-10(19)7-13(14)20)12(8-25(9)17)18(27)26(28-2)11-4-5-11/h3,6-8,11,22H,4-5H2,1-2H3. The Kier molecular flexibility index (Phi) is 5.22. The predicted molar refractivity (Wildman–Crippen MR) is 111 cm³/mol. The van der Waals surface area contributed by atoms with Gasteiger partial charge in [0, 0.05) is 10.7 Å². The number of nitrogens with zero attached hydrogens (tertiary/aromatic N) is 4. The van der Waals surface area contributed by atoms with Crippen LogP contribution >= 0.6 is 39.1 Å². The number of nitrogens with one attached hydrogen (secondary N) is 1. The fraction of sp³-hybridized carbons (Fsp3) is 0.278. The molecule has 1 fully saturated rings. The lowest BCUT2D eigenvalue weighted by molar-refractivity contribution is -0.101. The first-order chi connectivity index (χ1) is 13.4. The number of hydroxylamine groups is 2. The van der Waals surface area contributed by atoms with Crippen molar-refractivity contribution in [2.75, 3.05) is 12.4 Å². The largest absolute Gasteiger partial charge is 0.352 e. The molecular formula is C18H16BrCl2N5O2. The summed E-state index contributed by atoms with van der Waals surface area (Å²) in [5.41, 5.74) is 1.80. The highest BCUT2D eigenvalue weighted by Gasteiger charge is 2.35. The highest BCUT2D eigenvalue weighted by atomic mass is 79.9. The van der Waals surface area contributed by atoms with Gasteiger partial charge < -0.3 is 5.32 Å². The van der Waals surface area contributed by atoms with E-state index in [1.54, 1.807) is 29.7 Å². The minimum atomic E-state index is -0.294. The van der Waals surface area contributed by atoms with Gasteiger partial charge in [-0.2, -0.15) is 0 Å². The van der Waals surface area contributed by atoms with Gasteiger partial charge in [0.2, 0.25) is 0 Å². The molecule has 1 aromatic carbocycles. The van der Waals surface area contributed by atoms with Crippen LogP contribution in [-0.2, 0) is 4.84 Å². The molecule has 0 spiro atoms. The smallest absolute Gasteiger partial charge is 0.281 e. The number of hydrogen-bond donors (Lipinski definition) is 1.